The molecule has 0 spiro atoms. The Bertz CT molecular complexity index is 583. The van der Waals surface area contributed by atoms with Crippen molar-refractivity contribution >= 4 is 27.3 Å². The number of aromatic nitrogens is 2. The lowest BCUT2D eigenvalue weighted by atomic mass is 10.2. The third kappa shape index (κ3) is 3.13. The first-order valence-corrected chi connectivity index (χ1v) is 7.77. The fraction of sp³-hybridized carbons (Fsp3) is 0.385. The SMILES string of the molecule is COc1ccc(-c2nnc(CNC3CC3)s2)cc1Br. The molecular formula is C13H14BrN3OS. The maximum atomic E-state index is 5.22. The summed E-state index contributed by atoms with van der Waals surface area (Å²) < 4.78 is 6.15. The first-order valence-electron chi connectivity index (χ1n) is 6.16. The van der Waals surface area contributed by atoms with Gasteiger partial charge in [0.05, 0.1) is 11.6 Å². The van der Waals surface area contributed by atoms with Crippen LogP contribution in [0.1, 0.15) is 17.8 Å². The molecule has 4 nitrogen and oxygen atoms in total. The van der Waals surface area contributed by atoms with Crippen molar-refractivity contribution in [3.05, 3.63) is 27.7 Å². The quantitative estimate of drug-likeness (QED) is 0.908. The first-order chi connectivity index (χ1) is 9.26. The van der Waals surface area contributed by atoms with E-state index in [4.69, 9.17) is 4.74 Å². The summed E-state index contributed by atoms with van der Waals surface area (Å²) in [7, 11) is 1.66. The Hall–Kier alpha value is -0.980. The van der Waals surface area contributed by atoms with Crippen LogP contribution in [0, 0.1) is 0 Å². The molecule has 1 aliphatic carbocycles. The Labute approximate surface area is 124 Å². The van der Waals surface area contributed by atoms with E-state index in [0.29, 0.717) is 6.04 Å². The third-order valence-corrected chi connectivity index (χ3v) is 4.58. The summed E-state index contributed by atoms with van der Waals surface area (Å²) in [6.45, 7) is 0.819. The van der Waals surface area contributed by atoms with Crippen molar-refractivity contribution in [1.82, 2.24) is 15.5 Å². The predicted molar refractivity (Wildman–Crippen MR) is 79.5 cm³/mol. The van der Waals surface area contributed by atoms with Crippen molar-refractivity contribution in [2.75, 3.05) is 7.11 Å². The monoisotopic (exact) mass is 339 g/mol. The molecule has 3 rings (SSSR count). The minimum Gasteiger partial charge on any atom is -0.496 e. The number of nitrogens with zero attached hydrogens (tertiary/aromatic N) is 2. The molecule has 1 aliphatic rings. The normalized spacial score (nSPS) is 14.6. The van der Waals surface area contributed by atoms with Crippen LogP contribution in [0.2, 0.25) is 0 Å². The smallest absolute Gasteiger partial charge is 0.147 e. The minimum absolute atomic E-state index is 0.697. The van der Waals surface area contributed by atoms with Crippen molar-refractivity contribution in [2.45, 2.75) is 25.4 Å². The minimum atomic E-state index is 0.697. The molecule has 0 atom stereocenters. The Morgan fingerprint density at radius 1 is 1.42 bits per heavy atom. The average molecular weight is 340 g/mol. The van der Waals surface area contributed by atoms with Crippen LogP contribution in [0.3, 0.4) is 0 Å². The third-order valence-electron chi connectivity index (χ3n) is 2.98. The second-order valence-corrected chi connectivity index (χ2v) is 6.42. The van der Waals surface area contributed by atoms with Gasteiger partial charge in [-0.3, -0.25) is 0 Å². The standard InChI is InChI=1S/C13H14BrN3OS/c1-18-11-5-2-8(6-10(11)14)13-17-16-12(19-13)7-15-9-3-4-9/h2,5-6,9,15H,3-4,7H2,1H3. The van der Waals surface area contributed by atoms with E-state index >= 15 is 0 Å². The fourth-order valence-electron chi connectivity index (χ4n) is 1.76. The van der Waals surface area contributed by atoms with E-state index in [0.717, 1.165) is 32.3 Å². The number of nitrogens with one attached hydrogen (secondary N) is 1. The zero-order valence-corrected chi connectivity index (χ0v) is 12.9. The first kappa shape index (κ1) is 13.0. The molecule has 1 saturated carbocycles. The number of benzene rings is 1. The van der Waals surface area contributed by atoms with Crippen LogP contribution < -0.4 is 10.1 Å². The van der Waals surface area contributed by atoms with Crippen LogP contribution in [0.25, 0.3) is 10.6 Å². The molecule has 0 bridgehead atoms. The Balaban J connectivity index is 1.75. The van der Waals surface area contributed by atoms with E-state index in [9.17, 15) is 0 Å². The number of hydrogen-bond donors (Lipinski definition) is 1. The highest BCUT2D eigenvalue weighted by Crippen LogP contribution is 2.32. The van der Waals surface area contributed by atoms with Crippen LogP contribution in [0.15, 0.2) is 22.7 Å². The van der Waals surface area contributed by atoms with E-state index in [1.807, 2.05) is 18.2 Å². The molecule has 0 radical (unpaired) electrons. The van der Waals surface area contributed by atoms with Gasteiger partial charge in [0, 0.05) is 18.2 Å². The predicted octanol–water partition coefficient (Wildman–Crippen LogP) is 3.23. The van der Waals surface area contributed by atoms with Gasteiger partial charge in [-0.1, -0.05) is 11.3 Å². The zero-order chi connectivity index (χ0) is 13.2. The Morgan fingerprint density at radius 3 is 2.95 bits per heavy atom. The molecule has 1 aromatic carbocycles. The van der Waals surface area contributed by atoms with Crippen molar-refractivity contribution < 1.29 is 4.74 Å². The summed E-state index contributed by atoms with van der Waals surface area (Å²) in [5, 5.41) is 13.9. The topological polar surface area (TPSA) is 47.0 Å². The fourth-order valence-corrected chi connectivity index (χ4v) is 3.09. The average Bonchev–Trinajstić information content (AvgIpc) is 3.13. The van der Waals surface area contributed by atoms with Gasteiger partial charge in [0.15, 0.2) is 0 Å². The van der Waals surface area contributed by atoms with E-state index in [-0.39, 0.29) is 0 Å². The summed E-state index contributed by atoms with van der Waals surface area (Å²) in [5.74, 6) is 0.823. The van der Waals surface area contributed by atoms with Gasteiger partial charge in [-0.2, -0.15) is 0 Å². The maximum Gasteiger partial charge on any atom is 0.147 e. The highest BCUT2D eigenvalue weighted by molar-refractivity contribution is 9.10. The number of rotatable bonds is 5. The zero-order valence-electron chi connectivity index (χ0n) is 10.5. The second-order valence-electron chi connectivity index (χ2n) is 4.51. The van der Waals surface area contributed by atoms with Crippen LogP contribution in [-0.4, -0.2) is 23.3 Å². The second kappa shape index (κ2) is 5.56. The molecule has 1 fully saturated rings. The van der Waals surface area contributed by atoms with Gasteiger partial charge in [-0.05, 0) is 47.0 Å². The highest BCUT2D eigenvalue weighted by Gasteiger charge is 2.20. The molecule has 1 N–H and O–H groups in total. The van der Waals surface area contributed by atoms with Gasteiger partial charge in [0.1, 0.15) is 15.8 Å². The maximum absolute atomic E-state index is 5.22. The van der Waals surface area contributed by atoms with Crippen molar-refractivity contribution in [3.8, 4) is 16.3 Å². The molecule has 0 aliphatic heterocycles. The van der Waals surface area contributed by atoms with Crippen LogP contribution >= 0.6 is 27.3 Å². The molecule has 100 valence electrons. The summed E-state index contributed by atoms with van der Waals surface area (Å²) in [5.41, 5.74) is 1.06. The lowest BCUT2D eigenvalue weighted by molar-refractivity contribution is 0.412. The van der Waals surface area contributed by atoms with Crippen LogP contribution in [0.4, 0.5) is 0 Å². The van der Waals surface area contributed by atoms with Crippen molar-refractivity contribution in [3.63, 3.8) is 0 Å². The molecule has 0 unspecified atom stereocenters. The summed E-state index contributed by atoms with van der Waals surface area (Å²) in [6, 6.07) is 6.64. The van der Waals surface area contributed by atoms with Crippen LogP contribution in [0.5, 0.6) is 5.75 Å². The summed E-state index contributed by atoms with van der Waals surface area (Å²) in [4.78, 5) is 0. The van der Waals surface area contributed by atoms with Gasteiger partial charge < -0.3 is 10.1 Å². The number of methoxy groups -OCH3 is 1. The largest absolute Gasteiger partial charge is 0.496 e. The Morgan fingerprint density at radius 2 is 2.26 bits per heavy atom. The van der Waals surface area contributed by atoms with Gasteiger partial charge in [-0.25, -0.2) is 0 Å². The van der Waals surface area contributed by atoms with Crippen molar-refractivity contribution in [1.29, 1.82) is 0 Å². The van der Waals surface area contributed by atoms with Gasteiger partial charge >= 0.3 is 0 Å². The number of hydrogen-bond acceptors (Lipinski definition) is 5. The van der Waals surface area contributed by atoms with Crippen molar-refractivity contribution in [2.24, 2.45) is 0 Å². The summed E-state index contributed by atoms with van der Waals surface area (Å²) >= 11 is 5.12. The molecular weight excluding hydrogens is 326 g/mol. The molecule has 1 heterocycles. The number of ether oxygens (including phenoxy) is 1. The lowest BCUT2D eigenvalue weighted by Crippen LogP contribution is -2.14. The molecule has 0 amide bonds. The van der Waals surface area contributed by atoms with E-state index < -0.39 is 0 Å². The molecule has 19 heavy (non-hydrogen) atoms. The Kier molecular flexibility index (Phi) is 3.81. The van der Waals surface area contributed by atoms with E-state index in [2.05, 4.69) is 31.4 Å². The van der Waals surface area contributed by atoms with Gasteiger partial charge in [-0.15, -0.1) is 10.2 Å². The highest BCUT2D eigenvalue weighted by atomic mass is 79.9. The number of halogens is 1. The lowest BCUT2D eigenvalue weighted by Gasteiger charge is -2.03. The molecule has 0 saturated heterocycles. The van der Waals surface area contributed by atoms with Gasteiger partial charge in [0.2, 0.25) is 0 Å². The molecule has 6 heteroatoms. The molecule has 2 aromatic rings. The summed E-state index contributed by atoms with van der Waals surface area (Å²) in [6.07, 6.45) is 2.58. The molecule has 1 aromatic heterocycles. The van der Waals surface area contributed by atoms with Gasteiger partial charge in [0.25, 0.3) is 0 Å². The van der Waals surface area contributed by atoms with E-state index in [1.54, 1.807) is 18.4 Å². The van der Waals surface area contributed by atoms with Crippen LogP contribution in [-0.2, 0) is 6.54 Å². The van der Waals surface area contributed by atoms with E-state index in [1.165, 1.54) is 12.8 Å².